The number of unbranched alkanes of at least 4 members (excludes halogenated alkanes) is 5. The third-order valence-corrected chi connectivity index (χ3v) is 15.8. The molecule has 2 heterocycles. The number of para-hydroxylation sites is 2. The highest BCUT2D eigenvalue weighted by atomic mass is 79.9. The molecule has 0 N–H and O–H groups in total. The van der Waals surface area contributed by atoms with Crippen molar-refractivity contribution in [2.75, 3.05) is 9.80 Å². The number of benzene rings is 8. The van der Waals surface area contributed by atoms with Crippen molar-refractivity contribution in [3.05, 3.63) is 214 Å². The van der Waals surface area contributed by atoms with E-state index in [4.69, 9.17) is 0 Å². The lowest BCUT2D eigenvalue weighted by molar-refractivity contribution is 0.398. The fourth-order valence-corrected chi connectivity index (χ4v) is 11.7. The third kappa shape index (κ3) is 9.78. The molecule has 0 radical (unpaired) electrons. The van der Waals surface area contributed by atoms with Crippen LogP contribution in [0, 0.1) is 0 Å². The Morgan fingerprint density at radius 3 is 1.59 bits per heavy atom. The summed E-state index contributed by atoms with van der Waals surface area (Å²) in [5.74, 6) is 0. The van der Waals surface area contributed by atoms with Crippen LogP contribution >= 0.6 is 31.9 Å². The maximum Gasteiger partial charge on any atom is 0.0493 e. The van der Waals surface area contributed by atoms with E-state index in [9.17, 15) is 0 Å². The van der Waals surface area contributed by atoms with Crippen molar-refractivity contribution in [3.8, 4) is 33.4 Å². The molecule has 8 aromatic carbocycles. The number of rotatable bonds is 12. The Labute approximate surface area is 422 Å². The molecular formula is C64H62Br2N2. The molecule has 8 aromatic rings. The van der Waals surface area contributed by atoms with E-state index in [0.717, 1.165) is 32.4 Å². The van der Waals surface area contributed by atoms with Gasteiger partial charge in [-0.05, 0) is 179 Å². The molecule has 0 saturated carbocycles. The van der Waals surface area contributed by atoms with E-state index in [1.165, 1.54) is 151 Å². The normalized spacial score (nSPS) is 15.6. The SMILES string of the molecule is CCCCCCCCC12CCCCCCCc3ccccc3N(c3ccc(Br)cc3)c3ccc(cc3)-c3ccc(c1c3)-c1ccc(-c3ccc(N(c4ccccc4)c4ccc(Br)cc4)cc3)cc12. The lowest BCUT2D eigenvalue weighted by atomic mass is 9.70. The smallest absolute Gasteiger partial charge is 0.0493 e. The monoisotopic (exact) mass is 1020 g/mol. The first kappa shape index (κ1) is 46.1. The average Bonchev–Trinajstić information content (AvgIpc) is 3.64. The topological polar surface area (TPSA) is 6.48 Å². The first-order chi connectivity index (χ1) is 33.5. The Morgan fingerprint density at radius 1 is 0.456 bits per heavy atom. The summed E-state index contributed by atoms with van der Waals surface area (Å²) in [4.78, 5) is 4.79. The summed E-state index contributed by atoms with van der Waals surface area (Å²) in [6.45, 7) is 2.32. The van der Waals surface area contributed by atoms with Crippen LogP contribution in [-0.4, -0.2) is 0 Å². The number of anilines is 6. The molecule has 0 amide bonds. The second-order valence-corrected chi connectivity index (χ2v) is 20.9. The number of fused-ring (bicyclic) bond motifs is 10. The molecule has 11 rings (SSSR count). The van der Waals surface area contributed by atoms with Gasteiger partial charge < -0.3 is 9.80 Å². The molecule has 2 aliphatic heterocycles. The van der Waals surface area contributed by atoms with Crippen molar-refractivity contribution >= 4 is 66.0 Å². The minimum Gasteiger partial charge on any atom is -0.311 e. The number of hydrogen-bond donors (Lipinski definition) is 0. The van der Waals surface area contributed by atoms with Gasteiger partial charge >= 0.3 is 0 Å². The second-order valence-electron chi connectivity index (χ2n) is 19.1. The fourth-order valence-electron chi connectivity index (χ4n) is 11.2. The first-order valence-electron chi connectivity index (χ1n) is 25.2. The summed E-state index contributed by atoms with van der Waals surface area (Å²) in [7, 11) is 0. The predicted molar refractivity (Wildman–Crippen MR) is 298 cm³/mol. The zero-order valence-electron chi connectivity index (χ0n) is 39.4. The lowest BCUT2D eigenvalue weighted by Gasteiger charge is -2.33. The van der Waals surface area contributed by atoms with Crippen molar-refractivity contribution in [1.82, 2.24) is 0 Å². The van der Waals surface area contributed by atoms with E-state index in [0.29, 0.717) is 0 Å². The summed E-state index contributed by atoms with van der Waals surface area (Å²) in [6, 6.07) is 70.6. The minimum absolute atomic E-state index is 0.0459. The number of nitrogens with zero attached hydrogens (tertiary/aromatic N) is 2. The molecule has 1 atom stereocenters. The predicted octanol–water partition coefficient (Wildman–Crippen LogP) is 20.4. The van der Waals surface area contributed by atoms with Crippen LogP contribution < -0.4 is 9.80 Å². The molecule has 68 heavy (non-hydrogen) atoms. The summed E-state index contributed by atoms with van der Waals surface area (Å²) in [6.07, 6.45) is 17.4. The largest absolute Gasteiger partial charge is 0.311 e. The molecule has 1 unspecified atom stereocenters. The third-order valence-electron chi connectivity index (χ3n) is 14.7. The van der Waals surface area contributed by atoms with E-state index < -0.39 is 0 Å². The van der Waals surface area contributed by atoms with Gasteiger partial charge in [0.25, 0.3) is 0 Å². The molecule has 1 aliphatic carbocycles. The van der Waals surface area contributed by atoms with Crippen LogP contribution in [0.1, 0.15) is 107 Å². The maximum atomic E-state index is 3.69. The highest BCUT2D eigenvalue weighted by Gasteiger charge is 2.42. The van der Waals surface area contributed by atoms with Crippen LogP contribution in [0.4, 0.5) is 34.1 Å². The molecular weight excluding hydrogens is 957 g/mol. The fraction of sp³-hybridized carbons (Fsp3) is 0.250. The van der Waals surface area contributed by atoms with Crippen molar-refractivity contribution in [3.63, 3.8) is 0 Å². The van der Waals surface area contributed by atoms with Crippen LogP contribution in [0.15, 0.2) is 197 Å². The summed E-state index contributed by atoms with van der Waals surface area (Å²) >= 11 is 7.34. The van der Waals surface area contributed by atoms with E-state index in [1.54, 1.807) is 0 Å². The van der Waals surface area contributed by atoms with Gasteiger partial charge in [0.1, 0.15) is 0 Å². The van der Waals surface area contributed by atoms with Gasteiger partial charge in [0.15, 0.2) is 0 Å². The zero-order valence-corrected chi connectivity index (χ0v) is 42.6. The van der Waals surface area contributed by atoms with Crippen LogP contribution in [0.3, 0.4) is 0 Å². The van der Waals surface area contributed by atoms with Gasteiger partial charge in [-0.1, -0.05) is 188 Å². The zero-order chi connectivity index (χ0) is 46.3. The molecule has 3 aliphatic rings. The van der Waals surface area contributed by atoms with Crippen molar-refractivity contribution in [1.29, 1.82) is 0 Å². The van der Waals surface area contributed by atoms with Gasteiger partial charge in [-0.3, -0.25) is 0 Å². The van der Waals surface area contributed by atoms with Gasteiger partial charge in [-0.15, -0.1) is 0 Å². The highest BCUT2D eigenvalue weighted by molar-refractivity contribution is 9.10. The van der Waals surface area contributed by atoms with Gasteiger partial charge in [-0.25, -0.2) is 0 Å². The van der Waals surface area contributed by atoms with Crippen molar-refractivity contribution in [2.24, 2.45) is 0 Å². The molecule has 342 valence electrons. The van der Waals surface area contributed by atoms with E-state index in [2.05, 4.69) is 237 Å². The van der Waals surface area contributed by atoms with E-state index in [-0.39, 0.29) is 5.41 Å². The van der Waals surface area contributed by atoms with Gasteiger partial charge in [0.2, 0.25) is 0 Å². The molecule has 0 fully saturated rings. The van der Waals surface area contributed by atoms with Gasteiger partial charge in [0.05, 0.1) is 0 Å². The van der Waals surface area contributed by atoms with E-state index in [1.807, 2.05) is 0 Å². The molecule has 2 nitrogen and oxygen atoms in total. The number of aryl methyl sites for hydroxylation is 1. The number of hydrogen-bond acceptors (Lipinski definition) is 2. The maximum absolute atomic E-state index is 3.69. The Morgan fingerprint density at radius 2 is 0.941 bits per heavy atom. The Balaban J connectivity index is 1.04. The van der Waals surface area contributed by atoms with Crippen LogP contribution in [0.25, 0.3) is 33.4 Å². The molecule has 4 heteroatoms. The van der Waals surface area contributed by atoms with Crippen molar-refractivity contribution in [2.45, 2.75) is 102 Å². The first-order valence-corrected chi connectivity index (χ1v) is 26.8. The highest BCUT2D eigenvalue weighted by Crippen LogP contribution is 2.56. The average molecular weight is 1020 g/mol. The van der Waals surface area contributed by atoms with Crippen LogP contribution in [-0.2, 0) is 11.8 Å². The van der Waals surface area contributed by atoms with Crippen LogP contribution in [0.2, 0.25) is 0 Å². The number of halogens is 2. The Hall–Kier alpha value is -5.68. The van der Waals surface area contributed by atoms with Gasteiger partial charge in [0, 0.05) is 48.5 Å². The summed E-state index contributed by atoms with van der Waals surface area (Å²) < 4.78 is 2.17. The molecule has 0 spiro atoms. The standard InChI is InChI=1S/C64H62Br2N2/c1-2-3-4-5-8-16-43-64-44-17-9-6-7-11-18-49-19-14-15-22-63(49)68(58-39-31-53(66)32-40-58)57-35-25-48(26-36-57)51-28-42-60(62(64)46-51)59-41-27-50(45-61(59)64)47-23-33-55(34-24-47)67(54-20-12-10-13-21-54)56-37-29-52(65)30-38-56/h10,12-15,19-42,45-46H,2-9,11,16-18,43-44H2,1H3. The molecule has 0 aromatic heterocycles. The van der Waals surface area contributed by atoms with Gasteiger partial charge in [-0.2, -0.15) is 0 Å². The molecule has 4 bridgehead atoms. The summed E-state index contributed by atoms with van der Waals surface area (Å²) in [5.41, 5.74) is 19.4. The quantitative estimate of drug-likeness (QED) is 0.113. The van der Waals surface area contributed by atoms with Crippen molar-refractivity contribution < 1.29 is 0 Å². The van der Waals surface area contributed by atoms with Crippen LogP contribution in [0.5, 0.6) is 0 Å². The Bertz CT molecular complexity index is 2910. The minimum atomic E-state index is -0.0459. The lowest BCUT2D eigenvalue weighted by Crippen LogP contribution is -2.25. The summed E-state index contributed by atoms with van der Waals surface area (Å²) in [5, 5.41) is 0. The second kappa shape index (κ2) is 21.3. The Kier molecular flexibility index (Phi) is 14.4. The van der Waals surface area contributed by atoms with E-state index >= 15 is 0 Å². The molecule has 0 saturated heterocycles.